The van der Waals surface area contributed by atoms with Gasteiger partial charge < -0.3 is 10.3 Å². The van der Waals surface area contributed by atoms with E-state index >= 15 is 0 Å². The van der Waals surface area contributed by atoms with Gasteiger partial charge >= 0.3 is 0 Å². The fraction of sp³-hybridized carbons (Fsp3) is 0.417. The van der Waals surface area contributed by atoms with E-state index in [0.717, 1.165) is 18.7 Å². The third-order valence-corrected chi connectivity index (χ3v) is 3.30. The number of rotatable bonds is 1. The molecular formula is C12H16N4. The Hall–Kier alpha value is -1.55. The van der Waals surface area contributed by atoms with Gasteiger partial charge in [-0.25, -0.2) is 0 Å². The highest BCUT2D eigenvalue weighted by Gasteiger charge is 2.21. The Morgan fingerprint density at radius 2 is 2.25 bits per heavy atom. The molecule has 0 saturated heterocycles. The monoisotopic (exact) mass is 216 g/mol. The van der Waals surface area contributed by atoms with Crippen LogP contribution in [0.15, 0.2) is 24.5 Å². The van der Waals surface area contributed by atoms with Gasteiger partial charge in [0.1, 0.15) is 0 Å². The number of aryl methyl sites for hydroxylation is 1. The summed E-state index contributed by atoms with van der Waals surface area (Å²) in [6.45, 7) is 0. The molecule has 1 aliphatic carbocycles. The molecule has 1 aliphatic rings. The van der Waals surface area contributed by atoms with E-state index in [1.807, 2.05) is 24.0 Å². The fourth-order valence-electron chi connectivity index (χ4n) is 2.47. The van der Waals surface area contributed by atoms with Crippen molar-refractivity contribution < 1.29 is 0 Å². The molecule has 3 rings (SSSR count). The lowest BCUT2D eigenvalue weighted by Gasteiger charge is -2.20. The SMILES string of the molecule is Cn1ccc(-n2ccc3c2CCCC3N)n1. The van der Waals surface area contributed by atoms with Crippen LogP contribution in [0.2, 0.25) is 0 Å². The van der Waals surface area contributed by atoms with E-state index < -0.39 is 0 Å². The minimum Gasteiger partial charge on any atom is -0.324 e. The number of aromatic nitrogens is 3. The van der Waals surface area contributed by atoms with Crippen LogP contribution >= 0.6 is 0 Å². The maximum absolute atomic E-state index is 6.10. The summed E-state index contributed by atoms with van der Waals surface area (Å²) in [5, 5.41) is 4.43. The molecule has 2 N–H and O–H groups in total. The normalized spacial score (nSPS) is 19.8. The molecule has 2 aromatic rings. The number of fused-ring (bicyclic) bond motifs is 1. The molecule has 2 heterocycles. The maximum atomic E-state index is 6.10. The van der Waals surface area contributed by atoms with E-state index in [-0.39, 0.29) is 6.04 Å². The molecular weight excluding hydrogens is 200 g/mol. The van der Waals surface area contributed by atoms with Crippen molar-refractivity contribution in [1.29, 1.82) is 0 Å². The van der Waals surface area contributed by atoms with Gasteiger partial charge in [0, 0.05) is 37.2 Å². The Labute approximate surface area is 94.7 Å². The molecule has 2 aromatic heterocycles. The zero-order chi connectivity index (χ0) is 11.1. The second kappa shape index (κ2) is 3.49. The quantitative estimate of drug-likeness (QED) is 0.786. The van der Waals surface area contributed by atoms with Gasteiger partial charge in [0.2, 0.25) is 0 Å². The largest absolute Gasteiger partial charge is 0.324 e. The smallest absolute Gasteiger partial charge is 0.158 e. The first-order valence-electron chi connectivity index (χ1n) is 5.71. The molecule has 1 unspecified atom stereocenters. The first-order chi connectivity index (χ1) is 7.75. The van der Waals surface area contributed by atoms with Crippen molar-refractivity contribution >= 4 is 0 Å². The van der Waals surface area contributed by atoms with E-state index in [1.165, 1.54) is 17.7 Å². The Bertz CT molecular complexity index is 509. The number of hydrogen-bond acceptors (Lipinski definition) is 2. The van der Waals surface area contributed by atoms with Gasteiger partial charge in [0.05, 0.1) is 0 Å². The zero-order valence-corrected chi connectivity index (χ0v) is 9.43. The first-order valence-corrected chi connectivity index (χ1v) is 5.71. The standard InChI is InChI=1S/C12H16N4/c1-15-7-6-12(14-15)16-8-5-9-10(13)3-2-4-11(9)16/h5-8,10H,2-4,13H2,1H3. The Morgan fingerprint density at radius 1 is 1.38 bits per heavy atom. The van der Waals surface area contributed by atoms with Crippen LogP contribution in [0.3, 0.4) is 0 Å². The highest BCUT2D eigenvalue weighted by molar-refractivity contribution is 5.35. The van der Waals surface area contributed by atoms with E-state index in [1.54, 1.807) is 0 Å². The van der Waals surface area contributed by atoms with Crippen LogP contribution in [0.1, 0.15) is 30.1 Å². The predicted molar refractivity (Wildman–Crippen MR) is 62.4 cm³/mol. The molecule has 0 fully saturated rings. The molecule has 0 radical (unpaired) electrons. The third-order valence-electron chi connectivity index (χ3n) is 3.30. The third kappa shape index (κ3) is 1.38. The summed E-state index contributed by atoms with van der Waals surface area (Å²) in [5.74, 6) is 0.984. The van der Waals surface area contributed by atoms with E-state index in [9.17, 15) is 0 Å². The molecule has 0 aliphatic heterocycles. The van der Waals surface area contributed by atoms with Gasteiger partial charge in [0.15, 0.2) is 5.82 Å². The molecule has 0 aromatic carbocycles. The molecule has 0 spiro atoms. The van der Waals surface area contributed by atoms with Crippen LogP contribution in [-0.4, -0.2) is 14.3 Å². The van der Waals surface area contributed by atoms with Crippen molar-refractivity contribution in [3.8, 4) is 5.82 Å². The van der Waals surface area contributed by atoms with Crippen molar-refractivity contribution in [3.05, 3.63) is 35.8 Å². The summed E-state index contributed by atoms with van der Waals surface area (Å²) in [7, 11) is 1.94. The second-order valence-electron chi connectivity index (χ2n) is 4.43. The maximum Gasteiger partial charge on any atom is 0.158 e. The summed E-state index contributed by atoms with van der Waals surface area (Å²) < 4.78 is 3.98. The zero-order valence-electron chi connectivity index (χ0n) is 9.43. The van der Waals surface area contributed by atoms with Crippen LogP contribution in [0.5, 0.6) is 0 Å². The van der Waals surface area contributed by atoms with E-state index in [4.69, 9.17) is 5.73 Å². The van der Waals surface area contributed by atoms with Gasteiger partial charge in [-0.2, -0.15) is 5.10 Å². The second-order valence-corrected chi connectivity index (χ2v) is 4.43. The molecule has 0 amide bonds. The summed E-state index contributed by atoms with van der Waals surface area (Å²) >= 11 is 0. The van der Waals surface area contributed by atoms with Crippen LogP contribution < -0.4 is 5.73 Å². The Balaban J connectivity index is 2.09. The lowest BCUT2D eigenvalue weighted by Crippen LogP contribution is -2.17. The molecule has 84 valence electrons. The summed E-state index contributed by atoms with van der Waals surface area (Å²) in [6.07, 6.45) is 7.42. The summed E-state index contributed by atoms with van der Waals surface area (Å²) in [6, 6.07) is 4.36. The van der Waals surface area contributed by atoms with Crippen LogP contribution in [0.25, 0.3) is 5.82 Å². The van der Waals surface area contributed by atoms with Crippen molar-refractivity contribution in [2.24, 2.45) is 12.8 Å². The lowest BCUT2D eigenvalue weighted by molar-refractivity contribution is 0.558. The molecule has 4 nitrogen and oxygen atoms in total. The predicted octanol–water partition coefficient (Wildman–Crippen LogP) is 1.55. The average Bonchev–Trinajstić information content (AvgIpc) is 2.84. The molecule has 4 heteroatoms. The van der Waals surface area contributed by atoms with Gasteiger partial charge in [-0.15, -0.1) is 0 Å². The van der Waals surface area contributed by atoms with Gasteiger partial charge in [-0.3, -0.25) is 4.68 Å². The van der Waals surface area contributed by atoms with Gasteiger partial charge in [0.25, 0.3) is 0 Å². The highest BCUT2D eigenvalue weighted by atomic mass is 15.3. The molecule has 0 bridgehead atoms. The summed E-state index contributed by atoms with van der Waals surface area (Å²) in [4.78, 5) is 0. The van der Waals surface area contributed by atoms with Gasteiger partial charge in [-0.1, -0.05) is 0 Å². The number of nitrogens with zero attached hydrogens (tertiary/aromatic N) is 3. The highest BCUT2D eigenvalue weighted by Crippen LogP contribution is 2.30. The van der Waals surface area contributed by atoms with Crippen molar-refractivity contribution in [2.45, 2.75) is 25.3 Å². The van der Waals surface area contributed by atoms with Crippen molar-refractivity contribution in [2.75, 3.05) is 0 Å². The average molecular weight is 216 g/mol. The summed E-state index contributed by atoms with van der Waals surface area (Å²) in [5.41, 5.74) is 8.72. The number of nitrogens with two attached hydrogens (primary N) is 1. The molecule has 1 atom stereocenters. The van der Waals surface area contributed by atoms with Crippen LogP contribution in [0.4, 0.5) is 0 Å². The molecule has 0 saturated carbocycles. The fourth-order valence-corrected chi connectivity index (χ4v) is 2.47. The number of hydrogen-bond donors (Lipinski definition) is 1. The Morgan fingerprint density at radius 3 is 3.00 bits per heavy atom. The van der Waals surface area contributed by atoms with Gasteiger partial charge in [-0.05, 0) is 30.9 Å². The first kappa shape index (κ1) is 9.66. The van der Waals surface area contributed by atoms with Crippen LogP contribution in [0, 0.1) is 0 Å². The van der Waals surface area contributed by atoms with Crippen molar-refractivity contribution in [3.63, 3.8) is 0 Å². The Kier molecular flexibility index (Phi) is 2.11. The van der Waals surface area contributed by atoms with E-state index in [2.05, 4.69) is 21.9 Å². The minimum atomic E-state index is 0.203. The topological polar surface area (TPSA) is 48.8 Å². The van der Waals surface area contributed by atoms with E-state index in [0.29, 0.717) is 0 Å². The minimum absolute atomic E-state index is 0.203. The van der Waals surface area contributed by atoms with Crippen molar-refractivity contribution in [1.82, 2.24) is 14.3 Å². The molecule has 16 heavy (non-hydrogen) atoms. The lowest BCUT2D eigenvalue weighted by atomic mass is 9.94. The van der Waals surface area contributed by atoms with Crippen LogP contribution in [-0.2, 0) is 13.5 Å².